The molecule has 0 aliphatic carbocycles. The quantitative estimate of drug-likeness (QED) is 0.725. The fraction of sp³-hybridized carbons (Fsp3) is 0.222. The molecule has 24 heavy (non-hydrogen) atoms. The Hall–Kier alpha value is -1.95. The number of fused-ring (bicyclic) bond motifs is 1. The van der Waals surface area contributed by atoms with E-state index in [1.54, 1.807) is 23.5 Å². The van der Waals surface area contributed by atoms with E-state index in [1.165, 1.54) is 0 Å². The Morgan fingerprint density at radius 1 is 1.25 bits per heavy atom. The van der Waals surface area contributed by atoms with Gasteiger partial charge in [-0.15, -0.1) is 11.3 Å². The largest absolute Gasteiger partial charge is 0.324 e. The summed E-state index contributed by atoms with van der Waals surface area (Å²) in [6, 6.07) is 15.3. The minimum Gasteiger partial charge on any atom is -0.324 e. The molecule has 1 aromatic heterocycles. The number of thiazole rings is 1. The number of amides is 1. The molecule has 0 saturated heterocycles. The molecule has 3 aromatic rings. The Balaban J connectivity index is 1.66. The zero-order valence-corrected chi connectivity index (χ0v) is 15.1. The zero-order valence-electron chi connectivity index (χ0n) is 13.5. The molecule has 1 N–H and O–H groups in total. The normalized spacial score (nSPS) is 12.5. The van der Waals surface area contributed by atoms with Crippen LogP contribution in [0, 0.1) is 0 Å². The first-order valence-electron chi connectivity index (χ1n) is 7.64. The van der Waals surface area contributed by atoms with Crippen LogP contribution in [-0.2, 0) is 4.79 Å². The lowest BCUT2D eigenvalue weighted by Crippen LogP contribution is -2.32. The number of hydrogen-bond donors (Lipinski definition) is 1. The van der Waals surface area contributed by atoms with Crippen molar-refractivity contribution in [2.45, 2.75) is 13.0 Å². The molecule has 2 aromatic carbocycles. The molecule has 6 heteroatoms. The van der Waals surface area contributed by atoms with Crippen LogP contribution in [0.25, 0.3) is 10.2 Å². The Morgan fingerprint density at radius 3 is 2.71 bits per heavy atom. The van der Waals surface area contributed by atoms with Gasteiger partial charge in [0.1, 0.15) is 5.01 Å². The van der Waals surface area contributed by atoms with Crippen molar-refractivity contribution in [1.29, 1.82) is 0 Å². The maximum atomic E-state index is 12.3. The maximum Gasteiger partial charge on any atom is 0.238 e. The average molecular weight is 360 g/mol. The third kappa shape index (κ3) is 3.75. The second-order valence-electron chi connectivity index (χ2n) is 5.64. The van der Waals surface area contributed by atoms with Crippen molar-refractivity contribution in [3.63, 3.8) is 0 Å². The summed E-state index contributed by atoms with van der Waals surface area (Å²) in [5.41, 5.74) is 1.63. The Morgan fingerprint density at radius 2 is 1.96 bits per heavy atom. The van der Waals surface area contributed by atoms with Crippen LogP contribution in [0.5, 0.6) is 0 Å². The Bertz CT molecular complexity index is 831. The molecule has 0 spiro atoms. The third-order valence-corrected chi connectivity index (χ3v) is 5.41. The fourth-order valence-corrected chi connectivity index (χ4v) is 3.64. The third-order valence-electron chi connectivity index (χ3n) is 3.87. The van der Waals surface area contributed by atoms with Gasteiger partial charge < -0.3 is 5.32 Å². The zero-order chi connectivity index (χ0) is 17.1. The molecule has 1 heterocycles. The summed E-state index contributed by atoms with van der Waals surface area (Å²) in [6.45, 7) is 2.32. The number of benzene rings is 2. The smallest absolute Gasteiger partial charge is 0.238 e. The molecule has 124 valence electrons. The van der Waals surface area contributed by atoms with Crippen molar-refractivity contribution in [3.05, 3.63) is 58.6 Å². The van der Waals surface area contributed by atoms with E-state index in [2.05, 4.69) is 23.3 Å². The number of carbonyl (C=O) groups excluding carboxylic acids is 1. The molecule has 1 atom stereocenters. The molecule has 0 saturated carbocycles. The van der Waals surface area contributed by atoms with Crippen molar-refractivity contribution < 1.29 is 4.79 Å². The SMILES string of the molecule is C[C@@H](c1nc2ccccc2s1)N(C)CC(=O)Nc1ccccc1Cl. The predicted octanol–water partition coefficient (Wildman–Crippen LogP) is 4.58. The van der Waals surface area contributed by atoms with Crippen molar-refractivity contribution >= 4 is 44.7 Å². The second kappa shape index (κ2) is 7.30. The monoisotopic (exact) mass is 359 g/mol. The van der Waals surface area contributed by atoms with Crippen molar-refractivity contribution in [3.8, 4) is 0 Å². The van der Waals surface area contributed by atoms with Crippen LogP contribution in [0.3, 0.4) is 0 Å². The highest BCUT2D eigenvalue weighted by Gasteiger charge is 2.18. The molecular formula is C18H18ClN3OS. The summed E-state index contributed by atoms with van der Waals surface area (Å²) in [5.74, 6) is -0.0986. The first kappa shape index (κ1) is 16.9. The van der Waals surface area contributed by atoms with Crippen molar-refractivity contribution in [2.75, 3.05) is 18.9 Å². The van der Waals surface area contributed by atoms with E-state index in [4.69, 9.17) is 11.6 Å². The topological polar surface area (TPSA) is 45.2 Å². The van der Waals surface area contributed by atoms with Gasteiger partial charge in [0.25, 0.3) is 0 Å². The van der Waals surface area contributed by atoms with Gasteiger partial charge >= 0.3 is 0 Å². The lowest BCUT2D eigenvalue weighted by Gasteiger charge is -2.22. The van der Waals surface area contributed by atoms with Crippen LogP contribution in [0.4, 0.5) is 5.69 Å². The van der Waals surface area contributed by atoms with E-state index < -0.39 is 0 Å². The van der Waals surface area contributed by atoms with Gasteiger partial charge in [0.15, 0.2) is 0 Å². The standard InChI is InChI=1S/C18H18ClN3OS/c1-12(18-21-15-9-5-6-10-16(15)24-18)22(2)11-17(23)20-14-8-4-3-7-13(14)19/h3-10,12H,11H2,1-2H3,(H,20,23)/t12-/m0/s1. The van der Waals surface area contributed by atoms with Gasteiger partial charge in [0, 0.05) is 0 Å². The lowest BCUT2D eigenvalue weighted by atomic mass is 10.3. The Kier molecular flexibility index (Phi) is 5.14. The Labute approximate surface area is 150 Å². The number of nitrogens with zero attached hydrogens (tertiary/aromatic N) is 2. The summed E-state index contributed by atoms with van der Waals surface area (Å²) < 4.78 is 1.16. The predicted molar refractivity (Wildman–Crippen MR) is 101 cm³/mol. The average Bonchev–Trinajstić information content (AvgIpc) is 3.00. The highest BCUT2D eigenvalue weighted by molar-refractivity contribution is 7.18. The number of carbonyl (C=O) groups is 1. The molecule has 0 bridgehead atoms. The lowest BCUT2D eigenvalue weighted by molar-refractivity contribution is -0.117. The van der Waals surface area contributed by atoms with E-state index in [0.29, 0.717) is 10.7 Å². The first-order chi connectivity index (χ1) is 11.5. The second-order valence-corrected chi connectivity index (χ2v) is 7.11. The van der Waals surface area contributed by atoms with Crippen LogP contribution in [0.2, 0.25) is 5.02 Å². The van der Waals surface area contributed by atoms with Crippen LogP contribution in [-0.4, -0.2) is 29.4 Å². The van der Waals surface area contributed by atoms with Gasteiger partial charge in [0.2, 0.25) is 5.91 Å². The highest BCUT2D eigenvalue weighted by Crippen LogP contribution is 2.28. The van der Waals surface area contributed by atoms with Crippen LogP contribution < -0.4 is 5.32 Å². The summed E-state index contributed by atoms with van der Waals surface area (Å²) >= 11 is 7.73. The number of aromatic nitrogens is 1. The highest BCUT2D eigenvalue weighted by atomic mass is 35.5. The molecule has 0 aliphatic heterocycles. The number of para-hydroxylation sites is 2. The minimum absolute atomic E-state index is 0.0550. The molecular weight excluding hydrogens is 342 g/mol. The van der Waals surface area contributed by atoms with E-state index >= 15 is 0 Å². The fourth-order valence-electron chi connectivity index (χ4n) is 2.37. The number of nitrogens with one attached hydrogen (secondary N) is 1. The molecule has 0 aliphatic rings. The number of hydrogen-bond acceptors (Lipinski definition) is 4. The van der Waals surface area contributed by atoms with E-state index in [9.17, 15) is 4.79 Å². The maximum absolute atomic E-state index is 12.3. The molecule has 0 fully saturated rings. The van der Waals surface area contributed by atoms with Crippen LogP contribution in [0.15, 0.2) is 48.5 Å². The molecule has 0 unspecified atom stereocenters. The number of halogens is 1. The van der Waals surface area contributed by atoms with Gasteiger partial charge in [-0.05, 0) is 38.2 Å². The van der Waals surface area contributed by atoms with Gasteiger partial charge in [-0.1, -0.05) is 35.9 Å². The molecule has 0 radical (unpaired) electrons. The minimum atomic E-state index is -0.0986. The van der Waals surface area contributed by atoms with Crippen LogP contribution >= 0.6 is 22.9 Å². The molecule has 1 amide bonds. The van der Waals surface area contributed by atoms with E-state index in [1.807, 2.05) is 42.3 Å². The number of rotatable bonds is 5. The molecule has 3 rings (SSSR count). The summed E-state index contributed by atoms with van der Waals surface area (Å²) in [7, 11) is 1.92. The van der Waals surface area contributed by atoms with Gasteiger partial charge in [-0.25, -0.2) is 4.98 Å². The van der Waals surface area contributed by atoms with Gasteiger partial charge in [0.05, 0.1) is 33.5 Å². The van der Waals surface area contributed by atoms with Gasteiger partial charge in [-0.3, -0.25) is 9.69 Å². The molecule has 4 nitrogen and oxygen atoms in total. The van der Waals surface area contributed by atoms with Crippen molar-refractivity contribution in [2.24, 2.45) is 0 Å². The number of likely N-dealkylation sites (N-methyl/N-ethyl adjacent to an activating group) is 1. The number of anilines is 1. The first-order valence-corrected chi connectivity index (χ1v) is 8.84. The van der Waals surface area contributed by atoms with Crippen molar-refractivity contribution in [1.82, 2.24) is 9.88 Å². The van der Waals surface area contributed by atoms with E-state index in [-0.39, 0.29) is 18.5 Å². The van der Waals surface area contributed by atoms with Gasteiger partial charge in [-0.2, -0.15) is 0 Å². The summed E-state index contributed by atoms with van der Waals surface area (Å²) in [6.07, 6.45) is 0. The summed E-state index contributed by atoms with van der Waals surface area (Å²) in [4.78, 5) is 18.9. The van der Waals surface area contributed by atoms with E-state index in [0.717, 1.165) is 15.2 Å². The summed E-state index contributed by atoms with van der Waals surface area (Å²) in [5, 5.41) is 4.38. The van der Waals surface area contributed by atoms with Crippen LogP contribution in [0.1, 0.15) is 18.0 Å².